The van der Waals surface area contributed by atoms with Gasteiger partial charge in [-0.3, -0.25) is 9.55 Å². The number of pyridine rings is 1. The van der Waals surface area contributed by atoms with Crippen molar-refractivity contribution < 1.29 is 0 Å². The van der Waals surface area contributed by atoms with Gasteiger partial charge in [-0.05, 0) is 42.0 Å². The number of hydrogen-bond donors (Lipinski definition) is 0. The summed E-state index contributed by atoms with van der Waals surface area (Å²) in [6, 6.07) is 56.5. The number of fused-ring (bicyclic) bond motifs is 6. The second-order valence-electron chi connectivity index (χ2n) is 12.3. The van der Waals surface area contributed by atoms with Crippen molar-refractivity contribution in [2.24, 2.45) is 0 Å². The van der Waals surface area contributed by atoms with Crippen LogP contribution < -0.4 is 0 Å². The van der Waals surface area contributed by atoms with Crippen LogP contribution in [0, 0.1) is 0 Å². The van der Waals surface area contributed by atoms with E-state index in [2.05, 4.69) is 106 Å². The van der Waals surface area contributed by atoms with Crippen LogP contribution in [-0.2, 0) is 0 Å². The summed E-state index contributed by atoms with van der Waals surface area (Å²) in [5.41, 5.74) is 10.4. The molecular weight excluding hydrogens is 613 g/mol. The number of hydrogen-bond acceptors (Lipinski definition) is 4. The van der Waals surface area contributed by atoms with Crippen molar-refractivity contribution in [1.82, 2.24) is 29.1 Å². The third kappa shape index (κ3) is 4.36. The molecule has 0 N–H and O–H groups in total. The average Bonchev–Trinajstić information content (AvgIpc) is 3.72. The first kappa shape index (κ1) is 28.1. The van der Waals surface area contributed by atoms with E-state index in [1.807, 2.05) is 72.9 Å². The normalized spacial score (nSPS) is 11.6. The highest BCUT2D eigenvalue weighted by Crippen LogP contribution is 2.43. The van der Waals surface area contributed by atoms with Crippen LogP contribution in [0.3, 0.4) is 0 Å². The number of nitrogens with zero attached hydrogens (tertiary/aromatic N) is 6. The summed E-state index contributed by atoms with van der Waals surface area (Å²) in [6.45, 7) is 0. The highest BCUT2D eigenvalue weighted by Gasteiger charge is 2.22. The monoisotopic (exact) mass is 640 g/mol. The topological polar surface area (TPSA) is 61.4 Å². The molecule has 6 aromatic carbocycles. The van der Waals surface area contributed by atoms with Gasteiger partial charge in [-0.1, -0.05) is 127 Å². The summed E-state index contributed by atoms with van der Waals surface area (Å²) in [4.78, 5) is 20.1. The molecule has 10 aromatic rings. The van der Waals surface area contributed by atoms with Crippen LogP contribution in [0.25, 0.3) is 89.3 Å². The van der Waals surface area contributed by atoms with Gasteiger partial charge in [-0.15, -0.1) is 0 Å². The molecule has 4 aromatic heterocycles. The van der Waals surface area contributed by atoms with Gasteiger partial charge in [-0.25, -0.2) is 4.98 Å². The van der Waals surface area contributed by atoms with Crippen LogP contribution in [0.2, 0.25) is 0 Å². The van der Waals surface area contributed by atoms with Gasteiger partial charge in [0.1, 0.15) is 0 Å². The quantitative estimate of drug-likeness (QED) is 0.188. The first-order chi connectivity index (χ1) is 24.8. The Balaban J connectivity index is 1.30. The minimum atomic E-state index is 0.571. The fourth-order valence-electron chi connectivity index (χ4n) is 7.30. The van der Waals surface area contributed by atoms with Crippen molar-refractivity contribution >= 4 is 43.7 Å². The van der Waals surface area contributed by atoms with Crippen molar-refractivity contribution in [3.05, 3.63) is 170 Å². The van der Waals surface area contributed by atoms with Crippen molar-refractivity contribution in [2.75, 3.05) is 0 Å². The Morgan fingerprint density at radius 2 is 0.980 bits per heavy atom. The van der Waals surface area contributed by atoms with Gasteiger partial charge in [-0.2, -0.15) is 9.97 Å². The SMILES string of the molecule is c1ccc(-c2nc(-c3ccccc3)nc(-n3c4ccccc4c4c(-c5cccc6c7ncccc7n(-c7ccccc7)c56)cccc43)n2)cc1. The third-order valence-electron chi connectivity index (χ3n) is 9.43. The molecule has 0 atom stereocenters. The lowest BCUT2D eigenvalue weighted by molar-refractivity contribution is 0.953. The Labute approximate surface area is 287 Å². The predicted octanol–water partition coefficient (Wildman–Crippen LogP) is 10.5. The Morgan fingerprint density at radius 1 is 0.400 bits per heavy atom. The maximum absolute atomic E-state index is 5.14. The van der Waals surface area contributed by atoms with Gasteiger partial charge in [0.25, 0.3) is 0 Å². The fourth-order valence-corrected chi connectivity index (χ4v) is 7.30. The fraction of sp³-hybridized carbons (Fsp3) is 0. The smallest absolute Gasteiger partial charge is 0.238 e. The van der Waals surface area contributed by atoms with E-state index in [4.69, 9.17) is 19.9 Å². The molecule has 4 heterocycles. The maximum atomic E-state index is 5.14. The van der Waals surface area contributed by atoms with Crippen molar-refractivity contribution in [1.29, 1.82) is 0 Å². The van der Waals surface area contributed by atoms with E-state index in [0.29, 0.717) is 17.6 Å². The largest absolute Gasteiger partial charge is 0.307 e. The molecule has 0 saturated carbocycles. The maximum Gasteiger partial charge on any atom is 0.238 e. The highest BCUT2D eigenvalue weighted by atomic mass is 15.2. The van der Waals surface area contributed by atoms with E-state index in [9.17, 15) is 0 Å². The molecule has 0 spiro atoms. The van der Waals surface area contributed by atoms with Crippen molar-refractivity contribution in [2.45, 2.75) is 0 Å². The molecule has 0 unspecified atom stereocenters. The van der Waals surface area contributed by atoms with E-state index in [1.54, 1.807) is 0 Å². The van der Waals surface area contributed by atoms with E-state index >= 15 is 0 Å². The molecular formula is C44H28N6. The van der Waals surface area contributed by atoms with Crippen LogP contribution in [0.15, 0.2) is 170 Å². The summed E-state index contributed by atoms with van der Waals surface area (Å²) >= 11 is 0. The van der Waals surface area contributed by atoms with Crippen LogP contribution in [-0.4, -0.2) is 29.1 Å². The molecule has 0 bridgehead atoms. The average molecular weight is 641 g/mol. The molecule has 0 aliphatic heterocycles. The first-order valence-electron chi connectivity index (χ1n) is 16.7. The van der Waals surface area contributed by atoms with Gasteiger partial charge >= 0.3 is 0 Å². The van der Waals surface area contributed by atoms with Gasteiger partial charge < -0.3 is 4.57 Å². The van der Waals surface area contributed by atoms with Gasteiger partial charge in [0.2, 0.25) is 5.95 Å². The van der Waals surface area contributed by atoms with Crippen molar-refractivity contribution in [3.8, 4) is 45.5 Å². The van der Waals surface area contributed by atoms with Crippen LogP contribution in [0.5, 0.6) is 0 Å². The molecule has 0 fully saturated rings. The number of para-hydroxylation sites is 3. The highest BCUT2D eigenvalue weighted by molar-refractivity contribution is 6.20. The molecule has 50 heavy (non-hydrogen) atoms. The standard InChI is InChI=1S/C44H28N6/c1-4-15-29(16-5-1)42-46-43(30-17-6-2-7-18-30)48-44(47-42)50-36-25-11-10-21-34(36)39-32(22-13-26-37(39)50)33-23-12-24-35-40-38(27-14-28-45-40)49(41(33)35)31-19-8-3-9-20-31/h1-28H. The third-order valence-corrected chi connectivity index (χ3v) is 9.43. The molecule has 6 nitrogen and oxygen atoms in total. The van der Waals surface area contributed by atoms with Gasteiger partial charge in [0.15, 0.2) is 11.6 Å². The summed E-state index contributed by atoms with van der Waals surface area (Å²) in [5, 5.41) is 3.37. The van der Waals surface area contributed by atoms with Gasteiger partial charge in [0, 0.05) is 44.7 Å². The number of rotatable bonds is 5. The van der Waals surface area contributed by atoms with E-state index in [0.717, 1.165) is 71.7 Å². The molecule has 0 aliphatic rings. The van der Waals surface area contributed by atoms with Gasteiger partial charge in [0.05, 0.1) is 27.6 Å². The molecule has 0 saturated heterocycles. The molecule has 0 amide bonds. The summed E-state index contributed by atoms with van der Waals surface area (Å²) in [6.07, 6.45) is 1.88. The summed E-state index contributed by atoms with van der Waals surface area (Å²) < 4.78 is 4.53. The minimum Gasteiger partial charge on any atom is -0.307 e. The van der Waals surface area contributed by atoms with E-state index in [-0.39, 0.29) is 0 Å². The Bertz CT molecular complexity index is 2800. The summed E-state index contributed by atoms with van der Waals surface area (Å²) in [7, 11) is 0. The lowest BCUT2D eigenvalue weighted by Crippen LogP contribution is -2.06. The van der Waals surface area contributed by atoms with E-state index < -0.39 is 0 Å². The molecule has 10 rings (SSSR count). The zero-order valence-corrected chi connectivity index (χ0v) is 26.8. The lowest BCUT2D eigenvalue weighted by atomic mass is 9.97. The predicted molar refractivity (Wildman–Crippen MR) is 203 cm³/mol. The number of aromatic nitrogens is 6. The van der Waals surface area contributed by atoms with Crippen molar-refractivity contribution in [3.63, 3.8) is 0 Å². The van der Waals surface area contributed by atoms with E-state index in [1.165, 1.54) is 0 Å². The number of benzene rings is 6. The van der Waals surface area contributed by atoms with Crippen LogP contribution in [0.1, 0.15) is 0 Å². The second kappa shape index (κ2) is 11.4. The molecule has 234 valence electrons. The second-order valence-corrected chi connectivity index (χ2v) is 12.3. The Morgan fingerprint density at radius 3 is 1.72 bits per heavy atom. The lowest BCUT2D eigenvalue weighted by Gasteiger charge is -2.13. The zero-order chi connectivity index (χ0) is 33.0. The van der Waals surface area contributed by atoms with Crippen LogP contribution >= 0.6 is 0 Å². The molecule has 6 heteroatoms. The molecule has 0 aliphatic carbocycles. The Kier molecular flexibility index (Phi) is 6.39. The first-order valence-corrected chi connectivity index (χ1v) is 16.7. The molecule has 0 radical (unpaired) electrons. The zero-order valence-electron chi connectivity index (χ0n) is 26.8. The minimum absolute atomic E-state index is 0.571. The summed E-state index contributed by atoms with van der Waals surface area (Å²) in [5.74, 6) is 1.82. The van der Waals surface area contributed by atoms with Crippen LogP contribution in [0.4, 0.5) is 0 Å². The Hall–Kier alpha value is -6.92.